The molecule has 0 bridgehead atoms. The maximum Gasteiger partial charge on any atom is 0.328 e. The Morgan fingerprint density at radius 3 is 2.74 bits per heavy atom. The average Bonchev–Trinajstić information content (AvgIpc) is 2.44. The Morgan fingerprint density at radius 1 is 1.37 bits per heavy atom. The molecule has 1 aromatic rings. The topological polar surface area (TPSA) is 64.6 Å². The first kappa shape index (κ1) is 15.0. The number of methoxy groups -OCH3 is 1. The quantitative estimate of drug-likeness (QED) is 0.788. The molecule has 1 amide bonds. The minimum absolute atomic E-state index is 0.130. The fraction of sp³-hybridized carbons (Fsp3) is 0.429. The summed E-state index contributed by atoms with van der Waals surface area (Å²) in [5.41, 5.74) is 1.14. The normalized spacial score (nSPS) is 11.5. The number of carbonyl (C=O) groups is 2. The molecule has 0 aromatic heterocycles. The molecule has 1 N–H and O–H groups in total. The molecule has 0 radical (unpaired) electrons. The summed E-state index contributed by atoms with van der Waals surface area (Å²) in [5.74, 6) is -0.207. The van der Waals surface area contributed by atoms with Crippen molar-refractivity contribution in [2.45, 2.75) is 26.3 Å². The van der Waals surface area contributed by atoms with Gasteiger partial charge in [0.1, 0.15) is 11.8 Å². The molecule has 1 aromatic carbocycles. The molecule has 0 fully saturated rings. The molecular formula is C14H19NO4. The molecular weight excluding hydrogens is 246 g/mol. The minimum Gasteiger partial charge on any atom is -0.484 e. The second-order valence-electron chi connectivity index (χ2n) is 4.10. The van der Waals surface area contributed by atoms with Crippen LogP contribution in [0.1, 0.15) is 19.4 Å². The van der Waals surface area contributed by atoms with Gasteiger partial charge < -0.3 is 14.8 Å². The van der Waals surface area contributed by atoms with Gasteiger partial charge in [-0.3, -0.25) is 4.79 Å². The van der Waals surface area contributed by atoms with Gasteiger partial charge in [-0.25, -0.2) is 4.79 Å². The van der Waals surface area contributed by atoms with Gasteiger partial charge in [-0.15, -0.1) is 0 Å². The van der Waals surface area contributed by atoms with Crippen LogP contribution in [0.3, 0.4) is 0 Å². The molecule has 0 aliphatic rings. The van der Waals surface area contributed by atoms with Crippen LogP contribution in [0, 0.1) is 0 Å². The van der Waals surface area contributed by atoms with Crippen LogP contribution >= 0.6 is 0 Å². The highest BCUT2D eigenvalue weighted by atomic mass is 16.5. The largest absolute Gasteiger partial charge is 0.484 e. The van der Waals surface area contributed by atoms with Crippen molar-refractivity contribution in [3.63, 3.8) is 0 Å². The fourth-order valence-corrected chi connectivity index (χ4v) is 1.52. The Hall–Kier alpha value is -2.04. The predicted octanol–water partition coefficient (Wildman–Crippen LogP) is 1.31. The molecule has 19 heavy (non-hydrogen) atoms. The molecule has 0 aliphatic heterocycles. The van der Waals surface area contributed by atoms with Crippen molar-refractivity contribution >= 4 is 11.9 Å². The summed E-state index contributed by atoms with van der Waals surface area (Å²) in [5, 5.41) is 2.49. The third kappa shape index (κ3) is 4.99. The number of ether oxygens (including phenoxy) is 2. The van der Waals surface area contributed by atoms with Crippen molar-refractivity contribution in [1.29, 1.82) is 0 Å². The van der Waals surface area contributed by atoms with Gasteiger partial charge >= 0.3 is 5.97 Å². The second-order valence-corrected chi connectivity index (χ2v) is 4.10. The Bertz CT molecular complexity index is 445. The summed E-state index contributed by atoms with van der Waals surface area (Å²) < 4.78 is 9.87. The van der Waals surface area contributed by atoms with Crippen molar-refractivity contribution in [2.24, 2.45) is 0 Å². The fourth-order valence-electron chi connectivity index (χ4n) is 1.52. The van der Waals surface area contributed by atoms with Crippen molar-refractivity contribution in [3.05, 3.63) is 29.8 Å². The van der Waals surface area contributed by atoms with E-state index < -0.39 is 12.0 Å². The van der Waals surface area contributed by atoms with Gasteiger partial charge in [0.2, 0.25) is 0 Å². The predicted molar refractivity (Wildman–Crippen MR) is 70.9 cm³/mol. The van der Waals surface area contributed by atoms with E-state index in [1.165, 1.54) is 7.11 Å². The number of carbonyl (C=O) groups excluding carboxylic acids is 2. The molecule has 1 unspecified atom stereocenters. The summed E-state index contributed by atoms with van der Waals surface area (Å²) in [6, 6.07) is 6.87. The number of rotatable bonds is 6. The Labute approximate surface area is 112 Å². The van der Waals surface area contributed by atoms with Crippen LogP contribution in [0.25, 0.3) is 0 Å². The smallest absolute Gasteiger partial charge is 0.328 e. The maximum atomic E-state index is 11.6. The summed E-state index contributed by atoms with van der Waals surface area (Å²) in [4.78, 5) is 22.7. The number of nitrogens with one attached hydrogen (secondary N) is 1. The minimum atomic E-state index is -0.678. The van der Waals surface area contributed by atoms with Crippen molar-refractivity contribution in [1.82, 2.24) is 5.32 Å². The van der Waals surface area contributed by atoms with Gasteiger partial charge in [0.05, 0.1) is 7.11 Å². The van der Waals surface area contributed by atoms with Crippen molar-refractivity contribution in [2.75, 3.05) is 13.7 Å². The Balaban J connectivity index is 2.43. The van der Waals surface area contributed by atoms with E-state index in [9.17, 15) is 9.59 Å². The van der Waals surface area contributed by atoms with Gasteiger partial charge in [0, 0.05) is 0 Å². The third-order valence-corrected chi connectivity index (χ3v) is 2.61. The van der Waals surface area contributed by atoms with Crippen molar-refractivity contribution in [3.8, 4) is 5.75 Å². The Morgan fingerprint density at radius 2 is 2.11 bits per heavy atom. The number of benzene rings is 1. The molecule has 1 rings (SSSR count). The van der Waals surface area contributed by atoms with Gasteiger partial charge in [-0.05, 0) is 31.0 Å². The first-order valence-corrected chi connectivity index (χ1v) is 6.15. The van der Waals surface area contributed by atoms with Gasteiger partial charge in [-0.1, -0.05) is 19.1 Å². The number of hydrogen-bond acceptors (Lipinski definition) is 4. The molecule has 104 valence electrons. The van der Waals surface area contributed by atoms with Crippen LogP contribution in [0.15, 0.2) is 24.3 Å². The average molecular weight is 265 g/mol. The van der Waals surface area contributed by atoms with Crippen LogP contribution in [0.4, 0.5) is 0 Å². The second kappa shape index (κ2) is 7.41. The van der Waals surface area contributed by atoms with Gasteiger partial charge in [-0.2, -0.15) is 0 Å². The van der Waals surface area contributed by atoms with E-state index in [0.29, 0.717) is 5.75 Å². The van der Waals surface area contributed by atoms with E-state index in [1.807, 2.05) is 25.1 Å². The lowest BCUT2D eigenvalue weighted by atomic mass is 10.2. The van der Waals surface area contributed by atoms with Crippen molar-refractivity contribution < 1.29 is 19.1 Å². The Kier molecular flexibility index (Phi) is 5.85. The highest BCUT2D eigenvalue weighted by Crippen LogP contribution is 2.13. The number of hydrogen-bond donors (Lipinski definition) is 1. The third-order valence-electron chi connectivity index (χ3n) is 2.61. The summed E-state index contributed by atoms with van der Waals surface area (Å²) in [6.07, 6.45) is 0.906. The number of amides is 1. The molecule has 0 saturated heterocycles. The van der Waals surface area contributed by atoms with E-state index in [4.69, 9.17) is 4.74 Å². The highest BCUT2D eigenvalue weighted by Gasteiger charge is 2.15. The van der Waals surface area contributed by atoms with E-state index >= 15 is 0 Å². The molecule has 0 aliphatic carbocycles. The maximum absolute atomic E-state index is 11.6. The van der Waals surface area contributed by atoms with Gasteiger partial charge in [0.25, 0.3) is 5.91 Å². The summed E-state index contributed by atoms with van der Waals surface area (Å²) >= 11 is 0. The zero-order chi connectivity index (χ0) is 14.3. The van der Waals surface area contributed by atoms with Crippen LogP contribution in [-0.4, -0.2) is 31.6 Å². The zero-order valence-corrected chi connectivity index (χ0v) is 11.4. The van der Waals surface area contributed by atoms with E-state index in [2.05, 4.69) is 10.1 Å². The first-order chi connectivity index (χ1) is 9.06. The summed E-state index contributed by atoms with van der Waals surface area (Å²) in [7, 11) is 1.28. The van der Waals surface area contributed by atoms with Crippen LogP contribution < -0.4 is 10.1 Å². The van der Waals surface area contributed by atoms with E-state index in [1.54, 1.807) is 13.0 Å². The highest BCUT2D eigenvalue weighted by molar-refractivity contribution is 5.84. The van der Waals surface area contributed by atoms with Crippen LogP contribution in [-0.2, 0) is 20.7 Å². The van der Waals surface area contributed by atoms with E-state index in [0.717, 1.165) is 12.0 Å². The molecule has 0 saturated carbocycles. The summed E-state index contributed by atoms with van der Waals surface area (Å²) in [6.45, 7) is 3.47. The lowest BCUT2D eigenvalue weighted by Crippen LogP contribution is -2.41. The van der Waals surface area contributed by atoms with Gasteiger partial charge in [0.15, 0.2) is 6.61 Å². The monoisotopic (exact) mass is 265 g/mol. The SMILES string of the molecule is CCc1cccc(OCC(=O)NC(C)C(=O)OC)c1. The number of aryl methyl sites for hydroxylation is 1. The lowest BCUT2D eigenvalue weighted by Gasteiger charge is -2.12. The molecule has 0 heterocycles. The van der Waals surface area contributed by atoms with Crippen LogP contribution in [0.2, 0.25) is 0 Å². The zero-order valence-electron chi connectivity index (χ0n) is 11.4. The first-order valence-electron chi connectivity index (χ1n) is 6.15. The molecule has 1 atom stereocenters. The standard InChI is InChI=1S/C14H19NO4/c1-4-11-6-5-7-12(8-11)19-9-13(16)15-10(2)14(17)18-3/h5-8,10H,4,9H2,1-3H3,(H,15,16). The molecule has 0 spiro atoms. The molecule has 5 nitrogen and oxygen atoms in total. The molecule has 5 heteroatoms. The van der Waals surface area contributed by atoms with E-state index in [-0.39, 0.29) is 12.5 Å². The number of esters is 1. The lowest BCUT2D eigenvalue weighted by molar-refractivity contribution is -0.144. The van der Waals surface area contributed by atoms with Crippen LogP contribution in [0.5, 0.6) is 5.75 Å².